The third-order valence-electron chi connectivity index (χ3n) is 2.02. The van der Waals surface area contributed by atoms with Crippen LogP contribution >= 0.6 is 0 Å². The van der Waals surface area contributed by atoms with Gasteiger partial charge in [0.1, 0.15) is 0 Å². The molecule has 1 unspecified atom stereocenters. The van der Waals surface area contributed by atoms with Crippen LogP contribution in [-0.4, -0.2) is 13.1 Å². The highest BCUT2D eigenvalue weighted by molar-refractivity contribution is 5.85. The Balaban J connectivity index is 2.47. The molecule has 0 saturated heterocycles. The summed E-state index contributed by atoms with van der Waals surface area (Å²) >= 11 is 0. The van der Waals surface area contributed by atoms with Crippen LogP contribution in [0.15, 0.2) is 11.1 Å². The number of carbonyl (C=O) groups excluding carboxylic acids is 1. The first-order chi connectivity index (χ1) is 4.72. The zero-order valence-corrected chi connectivity index (χ0v) is 6.60. The number of hydrogen-bond acceptors (Lipinski definition) is 2. The number of rotatable bonds is 2. The molecule has 1 rings (SSSR count). The summed E-state index contributed by atoms with van der Waals surface area (Å²) in [6.07, 6.45) is 0.978. The normalized spacial score (nSPS) is 22.9. The van der Waals surface area contributed by atoms with Crippen LogP contribution in [0.2, 0.25) is 0 Å². The number of ether oxygens (including phenoxy) is 1. The Kier molecular flexibility index (Phi) is 1.79. The van der Waals surface area contributed by atoms with Gasteiger partial charge >= 0.3 is 5.97 Å². The van der Waals surface area contributed by atoms with Crippen LogP contribution in [0.1, 0.15) is 20.3 Å². The molecule has 0 N–H and O–H groups in total. The highest BCUT2D eigenvalue weighted by atomic mass is 16.5. The molecule has 0 heterocycles. The molecule has 0 saturated carbocycles. The van der Waals surface area contributed by atoms with E-state index in [-0.39, 0.29) is 11.9 Å². The molecule has 56 valence electrons. The molecule has 0 aromatic heterocycles. The minimum Gasteiger partial charge on any atom is -0.468 e. The van der Waals surface area contributed by atoms with Gasteiger partial charge in [0.05, 0.1) is 13.0 Å². The van der Waals surface area contributed by atoms with Crippen molar-refractivity contribution in [2.24, 2.45) is 5.92 Å². The molecule has 0 amide bonds. The smallest absolute Gasteiger partial charge is 0.316 e. The van der Waals surface area contributed by atoms with Crippen molar-refractivity contribution in [2.75, 3.05) is 7.11 Å². The lowest BCUT2D eigenvalue weighted by Crippen LogP contribution is -2.05. The van der Waals surface area contributed by atoms with Gasteiger partial charge in [-0.15, -0.1) is 0 Å². The van der Waals surface area contributed by atoms with Gasteiger partial charge in [0, 0.05) is 0 Å². The predicted molar refractivity (Wildman–Crippen MR) is 38.5 cm³/mol. The first kappa shape index (κ1) is 7.32. The van der Waals surface area contributed by atoms with Gasteiger partial charge < -0.3 is 4.74 Å². The summed E-state index contributed by atoms with van der Waals surface area (Å²) in [6.45, 7) is 4.04. The summed E-state index contributed by atoms with van der Waals surface area (Å²) in [5.41, 5.74) is 2.46. The standard InChI is InChI=1S/C8H12O2/c1-4-6-5(2)7(6)8(9)10-3/h7H,4H2,1-3H3. The maximum absolute atomic E-state index is 10.9. The zero-order valence-electron chi connectivity index (χ0n) is 6.60. The monoisotopic (exact) mass is 140 g/mol. The zero-order chi connectivity index (χ0) is 7.72. The number of carbonyl (C=O) groups is 1. The molecule has 10 heavy (non-hydrogen) atoms. The van der Waals surface area contributed by atoms with E-state index >= 15 is 0 Å². The van der Waals surface area contributed by atoms with E-state index in [0.29, 0.717) is 0 Å². The average molecular weight is 140 g/mol. The molecule has 1 aliphatic carbocycles. The van der Waals surface area contributed by atoms with Crippen LogP contribution in [0.3, 0.4) is 0 Å². The Bertz CT molecular complexity index is 191. The van der Waals surface area contributed by atoms with Gasteiger partial charge in [-0.3, -0.25) is 4.79 Å². The lowest BCUT2D eigenvalue weighted by Gasteiger charge is -1.95. The molecule has 0 aromatic rings. The SMILES string of the molecule is CCC1=C(C)C1C(=O)OC. The van der Waals surface area contributed by atoms with E-state index in [1.165, 1.54) is 18.3 Å². The van der Waals surface area contributed by atoms with Crippen LogP contribution in [0.4, 0.5) is 0 Å². The van der Waals surface area contributed by atoms with Gasteiger partial charge in [0.25, 0.3) is 0 Å². The minimum absolute atomic E-state index is 0.0370. The fourth-order valence-electron chi connectivity index (χ4n) is 1.31. The summed E-state index contributed by atoms with van der Waals surface area (Å²) in [6, 6.07) is 0. The summed E-state index contributed by atoms with van der Waals surface area (Å²) < 4.78 is 4.60. The Hall–Kier alpha value is -0.790. The van der Waals surface area contributed by atoms with Crippen molar-refractivity contribution in [3.05, 3.63) is 11.1 Å². The van der Waals surface area contributed by atoms with Crippen LogP contribution in [0, 0.1) is 5.92 Å². The molecule has 0 aliphatic heterocycles. The first-order valence-electron chi connectivity index (χ1n) is 3.49. The number of hydrogen-bond donors (Lipinski definition) is 0. The summed E-state index contributed by atoms with van der Waals surface area (Å²) in [5.74, 6) is -0.0654. The largest absolute Gasteiger partial charge is 0.468 e. The van der Waals surface area contributed by atoms with Crippen molar-refractivity contribution in [1.29, 1.82) is 0 Å². The van der Waals surface area contributed by atoms with Crippen LogP contribution in [-0.2, 0) is 9.53 Å². The van der Waals surface area contributed by atoms with Crippen molar-refractivity contribution in [3.63, 3.8) is 0 Å². The van der Waals surface area contributed by atoms with Gasteiger partial charge in [-0.2, -0.15) is 0 Å². The number of esters is 1. The molecule has 2 heteroatoms. The van der Waals surface area contributed by atoms with E-state index in [1.807, 2.05) is 6.92 Å². The first-order valence-corrected chi connectivity index (χ1v) is 3.49. The second kappa shape index (κ2) is 2.45. The van der Waals surface area contributed by atoms with Crippen molar-refractivity contribution in [1.82, 2.24) is 0 Å². The van der Waals surface area contributed by atoms with Gasteiger partial charge in [-0.05, 0) is 13.3 Å². The van der Waals surface area contributed by atoms with Crippen molar-refractivity contribution >= 4 is 5.97 Å². The quantitative estimate of drug-likeness (QED) is 0.429. The Morgan fingerprint density at radius 3 is 2.60 bits per heavy atom. The molecule has 0 spiro atoms. The van der Waals surface area contributed by atoms with E-state index in [9.17, 15) is 4.79 Å². The molecule has 0 bridgehead atoms. The molecule has 1 aliphatic rings. The van der Waals surface area contributed by atoms with Gasteiger partial charge in [0.2, 0.25) is 0 Å². The highest BCUT2D eigenvalue weighted by Crippen LogP contribution is 2.41. The second-order valence-electron chi connectivity index (χ2n) is 2.52. The van der Waals surface area contributed by atoms with Crippen molar-refractivity contribution in [3.8, 4) is 0 Å². The Labute approximate surface area is 60.9 Å². The van der Waals surface area contributed by atoms with Crippen molar-refractivity contribution in [2.45, 2.75) is 20.3 Å². The molecular weight excluding hydrogens is 128 g/mol. The highest BCUT2D eigenvalue weighted by Gasteiger charge is 2.38. The fourth-order valence-corrected chi connectivity index (χ4v) is 1.31. The van der Waals surface area contributed by atoms with E-state index in [2.05, 4.69) is 11.7 Å². The average Bonchev–Trinajstić information content (AvgIpc) is 2.59. The molecular formula is C8H12O2. The van der Waals surface area contributed by atoms with E-state index < -0.39 is 0 Å². The Morgan fingerprint density at radius 2 is 2.30 bits per heavy atom. The minimum atomic E-state index is -0.102. The number of methoxy groups -OCH3 is 1. The second-order valence-corrected chi connectivity index (χ2v) is 2.52. The lowest BCUT2D eigenvalue weighted by molar-refractivity contribution is -0.141. The van der Waals surface area contributed by atoms with Gasteiger partial charge in [-0.1, -0.05) is 18.1 Å². The van der Waals surface area contributed by atoms with E-state index in [1.54, 1.807) is 0 Å². The molecule has 1 atom stereocenters. The molecule has 0 fully saturated rings. The lowest BCUT2D eigenvalue weighted by atomic mass is 10.2. The molecule has 0 radical (unpaired) electrons. The Morgan fingerprint density at radius 1 is 1.70 bits per heavy atom. The third kappa shape index (κ3) is 0.939. The maximum Gasteiger partial charge on any atom is 0.316 e. The van der Waals surface area contributed by atoms with Crippen LogP contribution in [0.25, 0.3) is 0 Å². The fraction of sp³-hybridized carbons (Fsp3) is 0.625. The van der Waals surface area contributed by atoms with E-state index in [4.69, 9.17) is 0 Å². The third-order valence-corrected chi connectivity index (χ3v) is 2.02. The summed E-state index contributed by atoms with van der Waals surface area (Å²) in [5, 5.41) is 0. The maximum atomic E-state index is 10.9. The van der Waals surface area contributed by atoms with Crippen molar-refractivity contribution < 1.29 is 9.53 Å². The molecule has 0 aromatic carbocycles. The summed E-state index contributed by atoms with van der Waals surface area (Å²) in [7, 11) is 1.43. The predicted octanol–water partition coefficient (Wildman–Crippen LogP) is 1.52. The van der Waals surface area contributed by atoms with Gasteiger partial charge in [0.15, 0.2) is 0 Å². The summed E-state index contributed by atoms with van der Waals surface area (Å²) in [4.78, 5) is 10.9. The van der Waals surface area contributed by atoms with E-state index in [0.717, 1.165) is 6.42 Å². The topological polar surface area (TPSA) is 26.3 Å². The molecule has 2 nitrogen and oxygen atoms in total. The van der Waals surface area contributed by atoms with Crippen LogP contribution in [0.5, 0.6) is 0 Å². The van der Waals surface area contributed by atoms with Gasteiger partial charge in [-0.25, -0.2) is 0 Å². The van der Waals surface area contributed by atoms with Crippen LogP contribution < -0.4 is 0 Å².